The van der Waals surface area contributed by atoms with Gasteiger partial charge < -0.3 is 0 Å². The number of rotatable bonds is 1. The van der Waals surface area contributed by atoms with Crippen LogP contribution < -0.4 is 0 Å². The van der Waals surface area contributed by atoms with Gasteiger partial charge in [0.15, 0.2) is 0 Å². The molecule has 0 aliphatic carbocycles. The van der Waals surface area contributed by atoms with Crippen molar-refractivity contribution in [2.75, 3.05) is 0 Å². The van der Waals surface area contributed by atoms with Crippen LogP contribution in [-0.4, -0.2) is 4.98 Å². The summed E-state index contributed by atoms with van der Waals surface area (Å²) in [4.78, 5) is 3.68. The van der Waals surface area contributed by atoms with Gasteiger partial charge in [-0.2, -0.15) is 4.39 Å². The number of pyridine rings is 1. The van der Waals surface area contributed by atoms with Crippen molar-refractivity contribution in [3.05, 3.63) is 27.3 Å². The smallest absolute Gasteiger partial charge is 0.214 e. The largest absolute Gasteiger partial charge is 0.225 e. The molecule has 1 rings (SSSR count). The lowest BCUT2D eigenvalue weighted by Crippen LogP contribution is -1.91. The van der Waals surface area contributed by atoms with Crippen LogP contribution in [0.25, 0.3) is 0 Å². The normalized spacial score (nSPS) is 9.90. The molecule has 0 aromatic carbocycles. The average Bonchev–Trinajstić information content (AvgIpc) is 1.85. The molecule has 0 N–H and O–H groups in total. The van der Waals surface area contributed by atoms with Crippen molar-refractivity contribution < 1.29 is 4.39 Å². The van der Waals surface area contributed by atoms with E-state index >= 15 is 0 Å². The first-order chi connectivity index (χ1) is 4.72. The molecule has 1 nitrogen and oxygen atoms in total. The first kappa shape index (κ1) is 7.91. The number of aromatic nitrogens is 1. The van der Waals surface area contributed by atoms with Crippen LogP contribution in [0.5, 0.6) is 0 Å². The van der Waals surface area contributed by atoms with Gasteiger partial charge in [-0.3, -0.25) is 0 Å². The van der Waals surface area contributed by atoms with Crippen LogP contribution in [0.3, 0.4) is 0 Å². The Morgan fingerprint density at radius 1 is 1.60 bits per heavy atom. The second-order valence-corrected chi connectivity index (χ2v) is 3.20. The van der Waals surface area contributed by atoms with E-state index in [2.05, 4.69) is 27.6 Å². The summed E-state index contributed by atoms with van der Waals surface area (Å²) in [6.07, 6.45) is 0.785. The first-order valence-electron chi connectivity index (χ1n) is 3.04. The Bertz CT molecular complexity index is 217. The second kappa shape index (κ2) is 3.27. The second-order valence-electron chi connectivity index (χ2n) is 1.95. The highest BCUT2D eigenvalue weighted by molar-refractivity contribution is 14.1. The first-order valence-corrected chi connectivity index (χ1v) is 4.12. The van der Waals surface area contributed by atoms with Crippen LogP contribution >= 0.6 is 22.6 Å². The highest BCUT2D eigenvalue weighted by Gasteiger charge is 1.96. The summed E-state index contributed by atoms with van der Waals surface area (Å²) in [6, 6.07) is 3.30. The third-order valence-electron chi connectivity index (χ3n) is 1.17. The minimum Gasteiger partial charge on any atom is -0.225 e. The quantitative estimate of drug-likeness (QED) is 0.551. The van der Waals surface area contributed by atoms with E-state index in [1.54, 1.807) is 0 Å². The maximum absolute atomic E-state index is 12.5. The van der Waals surface area contributed by atoms with Gasteiger partial charge in [0.05, 0.1) is 0 Å². The van der Waals surface area contributed by atoms with E-state index in [1.807, 2.05) is 13.0 Å². The van der Waals surface area contributed by atoms with Gasteiger partial charge in [-0.25, -0.2) is 4.98 Å². The van der Waals surface area contributed by atoms with E-state index in [9.17, 15) is 4.39 Å². The summed E-state index contributed by atoms with van der Waals surface area (Å²) in [5.41, 5.74) is 0.810. The van der Waals surface area contributed by atoms with Gasteiger partial charge >= 0.3 is 0 Å². The van der Waals surface area contributed by atoms with Gasteiger partial charge in [-0.1, -0.05) is 6.92 Å². The summed E-state index contributed by atoms with van der Waals surface area (Å²) < 4.78 is 13.4. The molecule has 1 aromatic rings. The Hall–Kier alpha value is -0.190. The fourth-order valence-corrected chi connectivity index (χ4v) is 1.31. The van der Waals surface area contributed by atoms with Crippen LogP contribution in [0.4, 0.5) is 4.39 Å². The van der Waals surface area contributed by atoms with Crippen molar-refractivity contribution in [2.45, 2.75) is 13.3 Å². The van der Waals surface area contributed by atoms with Crippen molar-refractivity contribution in [2.24, 2.45) is 0 Å². The zero-order valence-electron chi connectivity index (χ0n) is 5.56. The van der Waals surface area contributed by atoms with Crippen molar-refractivity contribution in [1.82, 2.24) is 4.98 Å². The SMILES string of the molecule is CCc1cc(I)cc(F)n1. The molecule has 0 aliphatic rings. The Labute approximate surface area is 72.8 Å². The van der Waals surface area contributed by atoms with Gasteiger partial charge in [-0.05, 0) is 35.1 Å². The Balaban J connectivity index is 3.06. The van der Waals surface area contributed by atoms with Gasteiger partial charge in [0.25, 0.3) is 0 Å². The minimum atomic E-state index is -0.385. The lowest BCUT2D eigenvalue weighted by atomic mass is 10.3. The molecule has 0 radical (unpaired) electrons. The van der Waals surface area contributed by atoms with Crippen molar-refractivity contribution >= 4 is 22.6 Å². The maximum Gasteiger partial charge on any atom is 0.214 e. The van der Waals surface area contributed by atoms with Crippen molar-refractivity contribution in [3.63, 3.8) is 0 Å². The molecule has 1 heterocycles. The lowest BCUT2D eigenvalue weighted by molar-refractivity contribution is 0.576. The summed E-state index contributed by atoms with van der Waals surface area (Å²) in [6.45, 7) is 1.96. The van der Waals surface area contributed by atoms with E-state index in [4.69, 9.17) is 0 Å². The van der Waals surface area contributed by atoms with Crippen LogP contribution in [0.1, 0.15) is 12.6 Å². The van der Waals surface area contributed by atoms with E-state index in [0.717, 1.165) is 15.7 Å². The molecule has 0 atom stereocenters. The number of halogens is 2. The summed E-state index contributed by atoms with van der Waals surface area (Å²) >= 11 is 2.07. The molecule has 0 fully saturated rings. The minimum absolute atomic E-state index is 0.385. The molecular weight excluding hydrogens is 244 g/mol. The van der Waals surface area contributed by atoms with Crippen LogP contribution in [0, 0.1) is 9.52 Å². The molecule has 0 saturated carbocycles. The lowest BCUT2D eigenvalue weighted by Gasteiger charge is -1.95. The van der Waals surface area contributed by atoms with Gasteiger partial charge in [-0.15, -0.1) is 0 Å². The summed E-state index contributed by atoms with van der Waals surface area (Å²) in [7, 11) is 0. The zero-order chi connectivity index (χ0) is 7.56. The molecule has 1 aromatic heterocycles. The molecule has 0 spiro atoms. The third kappa shape index (κ3) is 1.90. The number of hydrogen-bond donors (Lipinski definition) is 0. The highest BCUT2D eigenvalue weighted by atomic mass is 127. The monoisotopic (exact) mass is 251 g/mol. The van der Waals surface area contributed by atoms with Crippen molar-refractivity contribution in [3.8, 4) is 0 Å². The van der Waals surface area contributed by atoms with Crippen molar-refractivity contribution in [1.29, 1.82) is 0 Å². The van der Waals surface area contributed by atoms with E-state index in [0.29, 0.717) is 0 Å². The van der Waals surface area contributed by atoms with Gasteiger partial charge in [0, 0.05) is 15.3 Å². The molecular formula is C7H7FIN. The highest BCUT2D eigenvalue weighted by Crippen LogP contribution is 2.07. The molecule has 0 bridgehead atoms. The molecule has 3 heteroatoms. The average molecular weight is 251 g/mol. The van der Waals surface area contributed by atoms with E-state index in [1.165, 1.54) is 6.07 Å². The fraction of sp³-hybridized carbons (Fsp3) is 0.286. The summed E-state index contributed by atoms with van der Waals surface area (Å²) in [5.74, 6) is -0.385. The van der Waals surface area contributed by atoms with Gasteiger partial charge in [0.1, 0.15) is 0 Å². The van der Waals surface area contributed by atoms with E-state index < -0.39 is 0 Å². The summed E-state index contributed by atoms with van der Waals surface area (Å²) in [5, 5.41) is 0. The number of aryl methyl sites for hydroxylation is 1. The van der Waals surface area contributed by atoms with Gasteiger partial charge in [0.2, 0.25) is 5.95 Å². The molecule has 0 saturated heterocycles. The third-order valence-corrected chi connectivity index (χ3v) is 1.80. The Morgan fingerprint density at radius 3 is 2.80 bits per heavy atom. The Morgan fingerprint density at radius 2 is 2.30 bits per heavy atom. The van der Waals surface area contributed by atoms with Crippen LogP contribution in [0.15, 0.2) is 12.1 Å². The van der Waals surface area contributed by atoms with E-state index in [-0.39, 0.29) is 5.95 Å². The molecule has 10 heavy (non-hydrogen) atoms. The standard InChI is InChI=1S/C7H7FIN/c1-2-6-3-5(9)4-7(8)10-6/h3-4H,2H2,1H3. The number of hydrogen-bond acceptors (Lipinski definition) is 1. The maximum atomic E-state index is 12.5. The van der Waals surface area contributed by atoms with Crippen LogP contribution in [0.2, 0.25) is 0 Å². The zero-order valence-corrected chi connectivity index (χ0v) is 7.72. The topological polar surface area (TPSA) is 12.9 Å². The van der Waals surface area contributed by atoms with Crippen LogP contribution in [-0.2, 0) is 6.42 Å². The molecule has 0 amide bonds. The number of nitrogens with zero attached hydrogens (tertiary/aromatic N) is 1. The predicted octanol–water partition coefficient (Wildman–Crippen LogP) is 2.39. The molecule has 54 valence electrons. The molecule has 0 aliphatic heterocycles. The fourth-order valence-electron chi connectivity index (χ4n) is 0.697. The Kier molecular flexibility index (Phi) is 2.59. The molecule has 0 unspecified atom stereocenters. The predicted molar refractivity (Wildman–Crippen MR) is 46.3 cm³/mol.